The van der Waals surface area contributed by atoms with Crippen LogP contribution in [0.2, 0.25) is 0 Å². The standard InChI is InChI=1S/C28H26N2O9S/c31-24(19-40(35,36)37)30(22-14-8-3-9-15-22)23-16-29(26(23)32)25(27(33)38-17-20-10-4-1-5-11-20)28(34)39-18-21-12-6-2-7-13-21/h1-15,23,25H,16-19H2,(H,35,36,37). The van der Waals surface area contributed by atoms with Crippen LogP contribution in [-0.4, -0.2) is 66.0 Å². The van der Waals surface area contributed by atoms with Crippen LogP contribution < -0.4 is 4.90 Å². The first-order valence-electron chi connectivity index (χ1n) is 12.2. The Balaban J connectivity index is 1.55. The lowest BCUT2D eigenvalue weighted by molar-refractivity contribution is -0.174. The number of likely N-dealkylation sites (tertiary alicyclic amines) is 1. The van der Waals surface area contributed by atoms with E-state index < -0.39 is 51.7 Å². The van der Waals surface area contributed by atoms with Crippen molar-refractivity contribution in [1.29, 1.82) is 0 Å². The molecule has 40 heavy (non-hydrogen) atoms. The van der Waals surface area contributed by atoms with Crippen LogP contribution in [-0.2, 0) is 52.0 Å². The Morgan fingerprint density at radius 2 is 1.27 bits per heavy atom. The third-order valence-corrected chi connectivity index (χ3v) is 6.68. The monoisotopic (exact) mass is 566 g/mol. The Labute approximate surface area is 230 Å². The van der Waals surface area contributed by atoms with Crippen molar-refractivity contribution >= 4 is 39.6 Å². The molecule has 0 radical (unpaired) electrons. The van der Waals surface area contributed by atoms with Crippen LogP contribution in [0.5, 0.6) is 0 Å². The number of ether oxygens (including phenoxy) is 2. The highest BCUT2D eigenvalue weighted by molar-refractivity contribution is 7.86. The van der Waals surface area contributed by atoms with Gasteiger partial charge >= 0.3 is 11.9 Å². The lowest BCUT2D eigenvalue weighted by Gasteiger charge is -2.45. The predicted molar refractivity (Wildman–Crippen MR) is 142 cm³/mol. The summed E-state index contributed by atoms with van der Waals surface area (Å²) < 4.78 is 42.7. The van der Waals surface area contributed by atoms with Gasteiger partial charge in [0.15, 0.2) is 5.75 Å². The molecule has 11 nitrogen and oxygen atoms in total. The molecule has 0 spiro atoms. The molecule has 1 saturated heterocycles. The van der Waals surface area contributed by atoms with Crippen molar-refractivity contribution < 1.29 is 41.6 Å². The highest BCUT2D eigenvalue weighted by Crippen LogP contribution is 2.27. The second-order valence-electron chi connectivity index (χ2n) is 8.92. The largest absolute Gasteiger partial charge is 0.459 e. The second kappa shape index (κ2) is 12.5. The third-order valence-electron chi connectivity index (χ3n) is 6.06. The number of anilines is 1. The zero-order valence-electron chi connectivity index (χ0n) is 21.2. The van der Waals surface area contributed by atoms with Gasteiger partial charge < -0.3 is 14.4 Å². The van der Waals surface area contributed by atoms with Gasteiger partial charge in [-0.3, -0.25) is 19.0 Å². The zero-order valence-corrected chi connectivity index (χ0v) is 22.0. The van der Waals surface area contributed by atoms with Crippen LogP contribution in [0.4, 0.5) is 5.69 Å². The van der Waals surface area contributed by atoms with Crippen LogP contribution in [0.15, 0.2) is 91.0 Å². The van der Waals surface area contributed by atoms with E-state index in [-0.39, 0.29) is 25.4 Å². The van der Waals surface area contributed by atoms with Gasteiger partial charge in [0.1, 0.15) is 19.3 Å². The molecule has 4 rings (SSSR count). The average Bonchev–Trinajstić information content (AvgIpc) is 2.94. The van der Waals surface area contributed by atoms with Crippen LogP contribution in [0.3, 0.4) is 0 Å². The maximum Gasteiger partial charge on any atom is 0.341 e. The molecule has 3 aromatic rings. The Kier molecular flexibility index (Phi) is 8.92. The van der Waals surface area contributed by atoms with E-state index in [2.05, 4.69) is 0 Å². The van der Waals surface area contributed by atoms with Gasteiger partial charge in [-0.15, -0.1) is 0 Å². The average molecular weight is 567 g/mol. The quantitative estimate of drug-likeness (QED) is 0.159. The maximum atomic E-state index is 13.3. The molecule has 0 bridgehead atoms. The summed E-state index contributed by atoms with van der Waals surface area (Å²) in [5.41, 5.74) is 1.52. The summed E-state index contributed by atoms with van der Waals surface area (Å²) in [4.78, 5) is 54.2. The molecule has 0 aliphatic carbocycles. The van der Waals surface area contributed by atoms with Crippen LogP contribution >= 0.6 is 0 Å². The molecule has 1 aliphatic heterocycles. The van der Waals surface area contributed by atoms with Crippen molar-refractivity contribution in [2.24, 2.45) is 0 Å². The number of rotatable bonds is 11. The van der Waals surface area contributed by atoms with Gasteiger partial charge in [0, 0.05) is 5.69 Å². The van der Waals surface area contributed by atoms with Gasteiger partial charge in [-0.1, -0.05) is 78.9 Å². The first-order chi connectivity index (χ1) is 19.1. The summed E-state index contributed by atoms with van der Waals surface area (Å²) in [6, 6.07) is 22.3. The summed E-state index contributed by atoms with van der Waals surface area (Å²) in [7, 11) is -4.70. The highest BCUT2D eigenvalue weighted by atomic mass is 32.2. The maximum absolute atomic E-state index is 13.3. The van der Waals surface area contributed by atoms with E-state index in [0.29, 0.717) is 11.1 Å². The summed E-state index contributed by atoms with van der Waals surface area (Å²) in [5.74, 6) is -5.16. The van der Waals surface area contributed by atoms with Crippen molar-refractivity contribution in [3.05, 3.63) is 102 Å². The van der Waals surface area contributed by atoms with Gasteiger partial charge in [0.2, 0.25) is 17.9 Å². The van der Waals surface area contributed by atoms with Gasteiger partial charge in [-0.25, -0.2) is 9.59 Å². The highest BCUT2D eigenvalue weighted by Gasteiger charge is 2.52. The number of hydrogen-bond donors (Lipinski definition) is 1. The normalized spacial score (nSPS) is 14.8. The lowest BCUT2D eigenvalue weighted by atomic mass is 10.0. The van der Waals surface area contributed by atoms with Crippen LogP contribution in [0.1, 0.15) is 11.1 Å². The molecule has 1 unspecified atom stereocenters. The molecule has 2 amide bonds. The van der Waals surface area contributed by atoms with E-state index in [4.69, 9.17) is 9.47 Å². The first kappa shape index (κ1) is 28.5. The van der Waals surface area contributed by atoms with Crippen molar-refractivity contribution in [2.45, 2.75) is 25.3 Å². The topological polar surface area (TPSA) is 148 Å². The van der Waals surface area contributed by atoms with Crippen LogP contribution in [0.25, 0.3) is 0 Å². The fraction of sp³-hybridized carbons (Fsp3) is 0.214. The fourth-order valence-corrected chi connectivity index (χ4v) is 4.59. The molecule has 208 valence electrons. The third kappa shape index (κ3) is 7.10. The predicted octanol–water partition coefficient (Wildman–Crippen LogP) is 1.97. The van der Waals surface area contributed by atoms with Gasteiger partial charge in [-0.2, -0.15) is 8.42 Å². The van der Waals surface area contributed by atoms with E-state index >= 15 is 0 Å². The van der Waals surface area contributed by atoms with Gasteiger partial charge in [0.05, 0.1) is 6.54 Å². The fourth-order valence-electron chi connectivity index (χ4n) is 4.14. The number of carbonyl (C=O) groups is 4. The Bertz CT molecular complexity index is 1410. The Hall–Kier alpha value is -4.55. The molecular weight excluding hydrogens is 540 g/mol. The van der Waals surface area contributed by atoms with E-state index in [0.717, 1.165) is 9.80 Å². The van der Waals surface area contributed by atoms with Gasteiger partial charge in [-0.05, 0) is 23.3 Å². The minimum absolute atomic E-state index is 0.156. The van der Waals surface area contributed by atoms with E-state index in [1.807, 2.05) is 0 Å². The Morgan fingerprint density at radius 3 is 1.70 bits per heavy atom. The minimum Gasteiger partial charge on any atom is -0.459 e. The van der Waals surface area contributed by atoms with E-state index in [1.165, 1.54) is 12.1 Å². The second-order valence-corrected chi connectivity index (χ2v) is 10.4. The van der Waals surface area contributed by atoms with Crippen molar-refractivity contribution in [1.82, 2.24) is 4.90 Å². The number of β-lactam (4-membered cyclic amide) rings is 1. The molecule has 1 fully saturated rings. The SMILES string of the molecule is O=C(OCc1ccccc1)C(C(=O)OCc1ccccc1)N1CC(N(C(=O)CS(=O)(=O)O)c2ccccc2)C1=O. The number of hydrogen-bond acceptors (Lipinski definition) is 8. The summed E-state index contributed by atoms with van der Waals surface area (Å²) in [5, 5.41) is 0. The lowest BCUT2D eigenvalue weighted by Crippen LogP contribution is -2.70. The van der Waals surface area contributed by atoms with Crippen LogP contribution in [0, 0.1) is 0 Å². The molecular formula is C28H26N2O9S. The molecule has 1 atom stereocenters. The van der Waals surface area contributed by atoms with Crippen molar-refractivity contribution in [2.75, 3.05) is 17.2 Å². The molecule has 0 saturated carbocycles. The van der Waals surface area contributed by atoms with Crippen molar-refractivity contribution in [3.8, 4) is 0 Å². The number of nitrogens with zero attached hydrogens (tertiary/aromatic N) is 2. The minimum atomic E-state index is -4.70. The van der Waals surface area contributed by atoms with Crippen molar-refractivity contribution in [3.63, 3.8) is 0 Å². The molecule has 12 heteroatoms. The molecule has 1 aliphatic rings. The summed E-state index contributed by atoms with van der Waals surface area (Å²) >= 11 is 0. The zero-order chi connectivity index (χ0) is 28.7. The molecule has 1 N–H and O–H groups in total. The van der Waals surface area contributed by atoms with E-state index in [9.17, 15) is 32.1 Å². The van der Waals surface area contributed by atoms with E-state index in [1.54, 1.807) is 78.9 Å². The number of carbonyl (C=O) groups excluding carboxylic acids is 4. The molecule has 1 heterocycles. The first-order valence-corrected chi connectivity index (χ1v) is 13.8. The Morgan fingerprint density at radius 1 is 0.825 bits per heavy atom. The number of para-hydroxylation sites is 1. The number of benzene rings is 3. The number of amides is 2. The smallest absolute Gasteiger partial charge is 0.341 e. The summed E-state index contributed by atoms with van der Waals surface area (Å²) in [6.07, 6.45) is 0. The molecule has 0 aromatic heterocycles. The number of esters is 2. The van der Waals surface area contributed by atoms with Gasteiger partial charge in [0.25, 0.3) is 10.1 Å². The summed E-state index contributed by atoms with van der Waals surface area (Å²) in [6.45, 7) is -0.607. The molecule has 3 aromatic carbocycles.